The standard InChI is InChI=1S/C20H24N4OS/c1-24(11-12-25-14-7-3-2-4-8-14)13-17-22-19(21)18-15-9-5-6-10-16(15)26-20(18)23-17/h2-4,7-8H,5-6,9-13H2,1H3,(H2,21,22,23). The van der Waals surface area contributed by atoms with Crippen LogP contribution in [0.15, 0.2) is 30.3 Å². The van der Waals surface area contributed by atoms with Crippen LogP contribution in [0.1, 0.15) is 29.1 Å². The molecule has 4 rings (SSSR count). The van der Waals surface area contributed by atoms with Crippen molar-refractivity contribution in [2.75, 3.05) is 25.9 Å². The third-order valence-electron chi connectivity index (χ3n) is 4.79. The number of aromatic nitrogens is 2. The Morgan fingerprint density at radius 2 is 1.96 bits per heavy atom. The summed E-state index contributed by atoms with van der Waals surface area (Å²) in [5, 5.41) is 1.10. The van der Waals surface area contributed by atoms with Crippen LogP contribution in [-0.4, -0.2) is 35.1 Å². The number of benzene rings is 1. The molecule has 6 heteroatoms. The molecule has 0 bridgehead atoms. The van der Waals surface area contributed by atoms with Crippen molar-refractivity contribution in [2.24, 2.45) is 0 Å². The fraction of sp³-hybridized carbons (Fsp3) is 0.400. The molecule has 1 aliphatic carbocycles. The van der Waals surface area contributed by atoms with Crippen molar-refractivity contribution in [1.29, 1.82) is 0 Å². The van der Waals surface area contributed by atoms with Crippen molar-refractivity contribution >= 4 is 27.4 Å². The van der Waals surface area contributed by atoms with Crippen LogP contribution in [0.5, 0.6) is 5.75 Å². The smallest absolute Gasteiger partial charge is 0.146 e. The lowest BCUT2D eigenvalue weighted by atomic mass is 9.97. The number of likely N-dealkylation sites (N-methyl/N-ethyl adjacent to an activating group) is 1. The van der Waals surface area contributed by atoms with E-state index >= 15 is 0 Å². The molecule has 0 fully saturated rings. The summed E-state index contributed by atoms with van der Waals surface area (Å²) in [4.78, 5) is 14.0. The van der Waals surface area contributed by atoms with Crippen molar-refractivity contribution in [3.8, 4) is 5.75 Å². The molecule has 0 spiro atoms. The van der Waals surface area contributed by atoms with Gasteiger partial charge in [0.1, 0.15) is 28.8 Å². The summed E-state index contributed by atoms with van der Waals surface area (Å²) in [5.41, 5.74) is 7.68. The van der Waals surface area contributed by atoms with Gasteiger partial charge >= 0.3 is 0 Å². The van der Waals surface area contributed by atoms with Gasteiger partial charge in [0.25, 0.3) is 0 Å². The van der Waals surface area contributed by atoms with Gasteiger partial charge in [-0.3, -0.25) is 4.90 Å². The van der Waals surface area contributed by atoms with E-state index in [9.17, 15) is 0 Å². The normalized spacial score (nSPS) is 13.9. The van der Waals surface area contributed by atoms with Crippen molar-refractivity contribution in [2.45, 2.75) is 32.2 Å². The first-order valence-corrected chi connectivity index (χ1v) is 9.95. The van der Waals surface area contributed by atoms with Gasteiger partial charge in [0.2, 0.25) is 0 Å². The SMILES string of the molecule is CN(CCOc1ccccc1)Cc1nc(N)c2c3c(sc2n1)CCCC3. The zero-order valence-electron chi connectivity index (χ0n) is 15.1. The molecule has 2 heterocycles. The molecule has 3 aromatic rings. The number of hydrogen-bond donors (Lipinski definition) is 1. The summed E-state index contributed by atoms with van der Waals surface area (Å²) in [6.07, 6.45) is 4.77. The molecule has 0 saturated heterocycles. The molecule has 0 aliphatic heterocycles. The van der Waals surface area contributed by atoms with Crippen LogP contribution in [-0.2, 0) is 19.4 Å². The molecule has 2 N–H and O–H groups in total. The highest BCUT2D eigenvalue weighted by Crippen LogP contribution is 2.37. The Morgan fingerprint density at radius 1 is 1.15 bits per heavy atom. The van der Waals surface area contributed by atoms with Gasteiger partial charge in [-0.2, -0.15) is 0 Å². The Hall–Kier alpha value is -2.18. The molecule has 136 valence electrons. The van der Waals surface area contributed by atoms with E-state index in [-0.39, 0.29) is 0 Å². The summed E-state index contributed by atoms with van der Waals surface area (Å²) in [7, 11) is 2.05. The highest BCUT2D eigenvalue weighted by Gasteiger charge is 2.20. The third kappa shape index (κ3) is 3.66. The lowest BCUT2D eigenvalue weighted by molar-refractivity contribution is 0.230. The quantitative estimate of drug-likeness (QED) is 0.719. The number of para-hydroxylation sites is 1. The molecule has 0 radical (unpaired) electrons. The first kappa shape index (κ1) is 17.2. The van der Waals surface area contributed by atoms with Crippen LogP contribution in [0.4, 0.5) is 5.82 Å². The molecule has 0 saturated carbocycles. The van der Waals surface area contributed by atoms with Gasteiger partial charge in [-0.1, -0.05) is 18.2 Å². The van der Waals surface area contributed by atoms with Gasteiger partial charge in [-0.25, -0.2) is 9.97 Å². The summed E-state index contributed by atoms with van der Waals surface area (Å²) in [6.45, 7) is 2.10. The summed E-state index contributed by atoms with van der Waals surface area (Å²) in [6, 6.07) is 9.88. The average Bonchev–Trinajstić information content (AvgIpc) is 3.01. The number of nitrogens with two attached hydrogens (primary N) is 1. The molecular weight excluding hydrogens is 344 g/mol. The Morgan fingerprint density at radius 3 is 2.81 bits per heavy atom. The molecule has 5 nitrogen and oxygen atoms in total. The second-order valence-electron chi connectivity index (χ2n) is 6.82. The van der Waals surface area contributed by atoms with E-state index in [1.54, 1.807) is 11.3 Å². The number of thiophene rings is 1. The summed E-state index contributed by atoms with van der Waals surface area (Å²) >= 11 is 1.80. The largest absolute Gasteiger partial charge is 0.492 e. The predicted octanol–water partition coefficient (Wildman–Crippen LogP) is 3.66. The van der Waals surface area contributed by atoms with E-state index < -0.39 is 0 Å². The zero-order valence-corrected chi connectivity index (χ0v) is 15.9. The van der Waals surface area contributed by atoms with Gasteiger partial charge in [-0.15, -0.1) is 11.3 Å². The van der Waals surface area contributed by atoms with E-state index in [4.69, 9.17) is 15.5 Å². The Kier molecular flexibility index (Phi) is 5.04. The first-order valence-electron chi connectivity index (χ1n) is 9.14. The zero-order chi connectivity index (χ0) is 17.9. The molecule has 0 atom stereocenters. The van der Waals surface area contributed by atoms with Crippen LogP contribution < -0.4 is 10.5 Å². The van der Waals surface area contributed by atoms with Crippen LogP contribution in [0.2, 0.25) is 0 Å². The first-order chi connectivity index (χ1) is 12.7. The molecule has 1 aliphatic rings. The molecule has 0 amide bonds. The number of fused-ring (bicyclic) bond motifs is 3. The summed E-state index contributed by atoms with van der Waals surface area (Å²) in [5.74, 6) is 2.32. The van der Waals surface area contributed by atoms with E-state index in [2.05, 4.69) is 16.9 Å². The van der Waals surface area contributed by atoms with Crippen molar-refractivity contribution in [3.05, 3.63) is 46.6 Å². The van der Waals surface area contributed by atoms with E-state index in [1.165, 1.54) is 23.3 Å². The highest BCUT2D eigenvalue weighted by atomic mass is 32.1. The topological polar surface area (TPSA) is 64.3 Å². The second kappa shape index (κ2) is 7.60. The maximum Gasteiger partial charge on any atom is 0.146 e. The van der Waals surface area contributed by atoms with E-state index in [0.717, 1.165) is 41.2 Å². The fourth-order valence-corrected chi connectivity index (χ4v) is 4.75. The minimum absolute atomic E-state index is 0.630. The lowest BCUT2D eigenvalue weighted by Gasteiger charge is -2.16. The van der Waals surface area contributed by atoms with Gasteiger partial charge in [0, 0.05) is 11.4 Å². The van der Waals surface area contributed by atoms with Crippen molar-refractivity contribution < 1.29 is 4.74 Å². The molecule has 1 aromatic carbocycles. The number of rotatable bonds is 6. The maximum absolute atomic E-state index is 6.29. The van der Waals surface area contributed by atoms with Crippen LogP contribution >= 0.6 is 11.3 Å². The molecular formula is C20H24N4OS. The van der Waals surface area contributed by atoms with Gasteiger partial charge in [-0.05, 0) is 50.4 Å². The van der Waals surface area contributed by atoms with Gasteiger partial charge < -0.3 is 10.5 Å². The van der Waals surface area contributed by atoms with Gasteiger partial charge in [0.05, 0.1) is 11.9 Å². The van der Waals surface area contributed by atoms with Crippen LogP contribution in [0.3, 0.4) is 0 Å². The predicted molar refractivity (Wildman–Crippen MR) is 107 cm³/mol. The number of nitrogens with zero attached hydrogens (tertiary/aromatic N) is 3. The van der Waals surface area contributed by atoms with Crippen LogP contribution in [0, 0.1) is 0 Å². The van der Waals surface area contributed by atoms with Crippen molar-refractivity contribution in [3.63, 3.8) is 0 Å². The number of nitrogen functional groups attached to an aromatic ring is 1. The van der Waals surface area contributed by atoms with E-state index in [0.29, 0.717) is 19.0 Å². The fourth-order valence-electron chi connectivity index (χ4n) is 3.46. The highest BCUT2D eigenvalue weighted by molar-refractivity contribution is 7.19. The number of aryl methyl sites for hydroxylation is 2. The Balaban J connectivity index is 1.42. The van der Waals surface area contributed by atoms with Gasteiger partial charge in [0.15, 0.2) is 0 Å². The second-order valence-corrected chi connectivity index (χ2v) is 7.90. The van der Waals surface area contributed by atoms with E-state index in [1.807, 2.05) is 30.3 Å². The lowest BCUT2D eigenvalue weighted by Crippen LogP contribution is -2.25. The van der Waals surface area contributed by atoms with Crippen LogP contribution in [0.25, 0.3) is 10.2 Å². The minimum Gasteiger partial charge on any atom is -0.492 e. The molecule has 26 heavy (non-hydrogen) atoms. The Labute approximate surface area is 157 Å². The molecule has 0 unspecified atom stereocenters. The molecule has 2 aromatic heterocycles. The van der Waals surface area contributed by atoms with Crippen molar-refractivity contribution in [1.82, 2.24) is 14.9 Å². The Bertz CT molecular complexity index is 894. The maximum atomic E-state index is 6.29. The minimum atomic E-state index is 0.630. The third-order valence-corrected chi connectivity index (χ3v) is 5.97. The monoisotopic (exact) mass is 368 g/mol. The number of anilines is 1. The summed E-state index contributed by atoms with van der Waals surface area (Å²) < 4.78 is 5.76. The number of hydrogen-bond acceptors (Lipinski definition) is 6. The number of ether oxygens (including phenoxy) is 1. The average molecular weight is 369 g/mol.